The van der Waals surface area contributed by atoms with E-state index in [0.29, 0.717) is 18.2 Å². The van der Waals surface area contributed by atoms with Crippen LogP contribution in [0.25, 0.3) is 0 Å². The summed E-state index contributed by atoms with van der Waals surface area (Å²) in [6.45, 7) is 9.39. The molecule has 1 unspecified atom stereocenters. The Morgan fingerprint density at radius 3 is 2.43 bits per heavy atom. The van der Waals surface area contributed by atoms with Crippen LogP contribution in [-0.2, 0) is 10.2 Å². The van der Waals surface area contributed by atoms with Crippen LogP contribution >= 0.6 is 11.8 Å². The van der Waals surface area contributed by atoms with Gasteiger partial charge in [-0.1, -0.05) is 39.8 Å². The summed E-state index contributed by atoms with van der Waals surface area (Å²) in [6, 6.07) is 8.41. The molecule has 0 aliphatic carbocycles. The zero-order valence-corrected chi connectivity index (χ0v) is 14.3. The molecule has 0 bridgehead atoms. The minimum Gasteiger partial charge on any atom is -0.396 e. The van der Waals surface area contributed by atoms with Gasteiger partial charge in [0, 0.05) is 18.0 Å². The van der Waals surface area contributed by atoms with E-state index in [1.54, 1.807) is 11.8 Å². The molecule has 0 heterocycles. The first-order chi connectivity index (χ1) is 9.82. The minimum atomic E-state index is 0.0460. The predicted molar refractivity (Wildman–Crippen MR) is 89.7 cm³/mol. The molecule has 1 aromatic rings. The molecule has 0 radical (unpaired) electrons. The number of aliphatic hydroxyl groups excluding tert-OH is 1. The van der Waals surface area contributed by atoms with Crippen molar-refractivity contribution in [1.82, 2.24) is 5.32 Å². The fourth-order valence-electron chi connectivity index (χ4n) is 1.86. The number of hydrogen-bond donors (Lipinski definition) is 2. The van der Waals surface area contributed by atoms with E-state index in [2.05, 4.69) is 50.4 Å². The second-order valence-electron chi connectivity index (χ2n) is 6.48. The highest BCUT2D eigenvalue weighted by atomic mass is 32.2. The quantitative estimate of drug-likeness (QED) is 0.760. The smallest absolute Gasteiger partial charge is 0.230 e. The molecule has 1 aromatic carbocycles. The summed E-state index contributed by atoms with van der Waals surface area (Å²) in [5, 5.41) is 11.7. The summed E-state index contributed by atoms with van der Waals surface area (Å²) in [4.78, 5) is 12.9. The van der Waals surface area contributed by atoms with Crippen molar-refractivity contribution in [2.24, 2.45) is 5.92 Å². The summed E-state index contributed by atoms with van der Waals surface area (Å²) in [5.74, 6) is 0.792. The molecule has 0 spiro atoms. The molecular formula is C17H27NO2S. The Balaban J connectivity index is 2.36. The van der Waals surface area contributed by atoms with Crippen molar-refractivity contribution in [2.75, 3.05) is 18.9 Å². The molecule has 21 heavy (non-hydrogen) atoms. The van der Waals surface area contributed by atoms with Gasteiger partial charge >= 0.3 is 0 Å². The third-order valence-corrected chi connectivity index (χ3v) is 4.37. The van der Waals surface area contributed by atoms with E-state index in [1.165, 1.54) is 5.56 Å². The van der Waals surface area contributed by atoms with Crippen molar-refractivity contribution in [3.05, 3.63) is 29.8 Å². The maximum absolute atomic E-state index is 11.8. The molecule has 1 atom stereocenters. The fourth-order valence-corrected chi connectivity index (χ4v) is 2.59. The van der Waals surface area contributed by atoms with E-state index >= 15 is 0 Å². The molecule has 0 aromatic heterocycles. The zero-order valence-electron chi connectivity index (χ0n) is 13.5. The van der Waals surface area contributed by atoms with E-state index in [9.17, 15) is 4.79 Å². The lowest BCUT2D eigenvalue weighted by Gasteiger charge is -2.19. The van der Waals surface area contributed by atoms with Crippen LogP contribution in [0.5, 0.6) is 0 Å². The number of aliphatic hydroxyl groups is 1. The third-order valence-electron chi connectivity index (χ3n) is 3.36. The minimum absolute atomic E-state index is 0.0460. The molecule has 0 aliphatic heterocycles. The normalized spacial score (nSPS) is 13.0. The van der Waals surface area contributed by atoms with Gasteiger partial charge in [-0.05, 0) is 35.4 Å². The number of rotatable bonds is 7. The van der Waals surface area contributed by atoms with Gasteiger partial charge in [0.05, 0.1) is 5.75 Å². The largest absolute Gasteiger partial charge is 0.396 e. The number of benzene rings is 1. The number of thioether (sulfide) groups is 1. The summed E-state index contributed by atoms with van der Waals surface area (Å²) < 4.78 is 0. The molecule has 0 saturated carbocycles. The van der Waals surface area contributed by atoms with Crippen molar-refractivity contribution in [3.8, 4) is 0 Å². The SMILES string of the molecule is CC(CCO)CNC(=O)CSc1ccc(C(C)(C)C)cc1. The van der Waals surface area contributed by atoms with Crippen molar-refractivity contribution >= 4 is 17.7 Å². The Morgan fingerprint density at radius 2 is 1.90 bits per heavy atom. The summed E-state index contributed by atoms with van der Waals surface area (Å²) in [6.07, 6.45) is 0.724. The Hall–Kier alpha value is -1.00. The number of hydrogen-bond acceptors (Lipinski definition) is 3. The van der Waals surface area contributed by atoms with Gasteiger partial charge < -0.3 is 10.4 Å². The lowest BCUT2D eigenvalue weighted by atomic mass is 9.87. The molecule has 2 N–H and O–H groups in total. The van der Waals surface area contributed by atoms with Gasteiger partial charge in [-0.2, -0.15) is 0 Å². The number of nitrogens with one attached hydrogen (secondary N) is 1. The molecule has 0 fully saturated rings. The Morgan fingerprint density at radius 1 is 1.29 bits per heavy atom. The van der Waals surface area contributed by atoms with Crippen molar-refractivity contribution in [3.63, 3.8) is 0 Å². The maximum Gasteiger partial charge on any atom is 0.230 e. The molecular weight excluding hydrogens is 282 g/mol. The molecule has 1 amide bonds. The first-order valence-electron chi connectivity index (χ1n) is 7.44. The highest BCUT2D eigenvalue weighted by Gasteiger charge is 2.13. The van der Waals surface area contributed by atoms with E-state index in [0.717, 1.165) is 11.3 Å². The highest BCUT2D eigenvalue weighted by Crippen LogP contribution is 2.25. The highest BCUT2D eigenvalue weighted by molar-refractivity contribution is 8.00. The lowest BCUT2D eigenvalue weighted by Crippen LogP contribution is -2.30. The fraction of sp³-hybridized carbons (Fsp3) is 0.588. The van der Waals surface area contributed by atoms with E-state index < -0.39 is 0 Å². The summed E-state index contributed by atoms with van der Waals surface area (Å²) >= 11 is 1.55. The zero-order chi connectivity index (χ0) is 15.9. The van der Waals surface area contributed by atoms with E-state index in [1.807, 2.05) is 6.92 Å². The standard InChI is InChI=1S/C17H27NO2S/c1-13(9-10-19)11-18-16(20)12-21-15-7-5-14(6-8-15)17(2,3)4/h5-8,13,19H,9-12H2,1-4H3,(H,18,20). The van der Waals surface area contributed by atoms with Crippen LogP contribution in [0.2, 0.25) is 0 Å². The molecule has 118 valence electrons. The Labute approximate surface area is 132 Å². The monoisotopic (exact) mass is 309 g/mol. The topological polar surface area (TPSA) is 49.3 Å². The number of carbonyl (C=O) groups excluding carboxylic acids is 1. The van der Waals surface area contributed by atoms with Crippen molar-refractivity contribution < 1.29 is 9.90 Å². The molecule has 1 rings (SSSR count). The van der Waals surface area contributed by atoms with Crippen LogP contribution in [0.15, 0.2) is 29.2 Å². The third kappa shape index (κ3) is 7.00. The van der Waals surface area contributed by atoms with Gasteiger partial charge in [0.25, 0.3) is 0 Å². The van der Waals surface area contributed by atoms with Gasteiger partial charge in [0.1, 0.15) is 0 Å². The second-order valence-corrected chi connectivity index (χ2v) is 7.53. The number of amides is 1. The van der Waals surface area contributed by atoms with Crippen LogP contribution in [-0.4, -0.2) is 29.9 Å². The van der Waals surface area contributed by atoms with Crippen LogP contribution < -0.4 is 5.32 Å². The van der Waals surface area contributed by atoms with E-state index in [4.69, 9.17) is 5.11 Å². The maximum atomic E-state index is 11.8. The molecule has 0 saturated heterocycles. The van der Waals surface area contributed by atoms with Crippen LogP contribution in [0, 0.1) is 5.92 Å². The van der Waals surface area contributed by atoms with E-state index in [-0.39, 0.29) is 17.9 Å². The van der Waals surface area contributed by atoms with Crippen LogP contribution in [0.3, 0.4) is 0 Å². The van der Waals surface area contributed by atoms with Crippen molar-refractivity contribution in [1.29, 1.82) is 0 Å². The Kier molecular flexibility index (Phi) is 7.26. The summed E-state index contributed by atoms with van der Waals surface area (Å²) in [7, 11) is 0. The van der Waals surface area contributed by atoms with Gasteiger partial charge in [-0.3, -0.25) is 4.79 Å². The van der Waals surface area contributed by atoms with Gasteiger partial charge in [0.2, 0.25) is 5.91 Å². The molecule has 3 nitrogen and oxygen atoms in total. The molecule has 4 heteroatoms. The number of carbonyl (C=O) groups is 1. The lowest BCUT2D eigenvalue weighted by molar-refractivity contribution is -0.118. The van der Waals surface area contributed by atoms with Gasteiger partial charge in [-0.25, -0.2) is 0 Å². The van der Waals surface area contributed by atoms with Gasteiger partial charge in [0.15, 0.2) is 0 Å². The molecule has 0 aliphatic rings. The average molecular weight is 309 g/mol. The van der Waals surface area contributed by atoms with Crippen LogP contribution in [0.1, 0.15) is 39.7 Å². The summed E-state index contributed by atoms with van der Waals surface area (Å²) in [5.41, 5.74) is 1.46. The first kappa shape index (κ1) is 18.1. The second kappa shape index (κ2) is 8.44. The predicted octanol–water partition coefficient (Wildman–Crippen LogP) is 3.21. The van der Waals surface area contributed by atoms with Crippen molar-refractivity contribution in [2.45, 2.75) is 44.4 Å². The Bertz CT molecular complexity index is 437. The van der Waals surface area contributed by atoms with Crippen LogP contribution in [0.4, 0.5) is 0 Å². The average Bonchev–Trinajstić information content (AvgIpc) is 2.43. The first-order valence-corrected chi connectivity index (χ1v) is 8.42. The van der Waals surface area contributed by atoms with Gasteiger partial charge in [-0.15, -0.1) is 11.8 Å².